The quantitative estimate of drug-likeness (QED) is 0.505. The van der Waals surface area contributed by atoms with E-state index in [1.165, 1.54) is 0 Å². The van der Waals surface area contributed by atoms with Crippen LogP contribution in [0.25, 0.3) is 0 Å². The van der Waals surface area contributed by atoms with Crippen LogP contribution in [0.2, 0.25) is 5.02 Å². The maximum absolute atomic E-state index is 12.6. The standard InChI is InChI=1S/C13H16ClF3N4O/c14-10-6-9(13(15,16)17)7-19-12(10)21-3-1-8(2-4-21)5-11(22)20-18/h6-8H,1-5,18H2,(H,20,22). The lowest BCUT2D eigenvalue weighted by Gasteiger charge is -2.33. The second kappa shape index (κ2) is 6.70. The van der Waals surface area contributed by atoms with E-state index in [-0.39, 0.29) is 16.8 Å². The van der Waals surface area contributed by atoms with Crippen LogP contribution in [0, 0.1) is 5.92 Å². The van der Waals surface area contributed by atoms with Gasteiger partial charge in [0.15, 0.2) is 0 Å². The molecule has 0 aromatic carbocycles. The molecule has 122 valence electrons. The van der Waals surface area contributed by atoms with E-state index >= 15 is 0 Å². The van der Waals surface area contributed by atoms with Gasteiger partial charge in [-0.05, 0) is 24.8 Å². The lowest BCUT2D eigenvalue weighted by atomic mass is 9.93. The monoisotopic (exact) mass is 336 g/mol. The molecule has 1 aromatic heterocycles. The van der Waals surface area contributed by atoms with Crippen LogP contribution in [0.5, 0.6) is 0 Å². The topological polar surface area (TPSA) is 71.2 Å². The fourth-order valence-corrected chi connectivity index (χ4v) is 2.77. The fraction of sp³-hybridized carbons (Fsp3) is 0.538. The molecule has 1 aromatic rings. The van der Waals surface area contributed by atoms with Gasteiger partial charge in [-0.2, -0.15) is 13.2 Å². The Morgan fingerprint density at radius 3 is 2.59 bits per heavy atom. The van der Waals surface area contributed by atoms with E-state index in [2.05, 4.69) is 10.4 Å². The predicted molar refractivity (Wildman–Crippen MR) is 76.1 cm³/mol. The fourth-order valence-electron chi connectivity index (χ4n) is 2.49. The van der Waals surface area contributed by atoms with E-state index < -0.39 is 11.7 Å². The number of carbonyl (C=O) groups is 1. The molecular formula is C13H16ClF3N4O. The van der Waals surface area contributed by atoms with Crippen molar-refractivity contribution in [2.24, 2.45) is 11.8 Å². The summed E-state index contributed by atoms with van der Waals surface area (Å²) in [6, 6.07) is 0.887. The van der Waals surface area contributed by atoms with E-state index in [1.54, 1.807) is 0 Å². The highest BCUT2D eigenvalue weighted by molar-refractivity contribution is 6.33. The van der Waals surface area contributed by atoms with Crippen molar-refractivity contribution >= 4 is 23.3 Å². The molecular weight excluding hydrogens is 321 g/mol. The Balaban J connectivity index is 2.01. The largest absolute Gasteiger partial charge is 0.417 e. The zero-order valence-corrected chi connectivity index (χ0v) is 12.4. The molecule has 3 N–H and O–H groups in total. The molecule has 0 atom stereocenters. The highest BCUT2D eigenvalue weighted by Crippen LogP contribution is 2.34. The number of hydrogen-bond donors (Lipinski definition) is 2. The molecule has 1 aliphatic rings. The van der Waals surface area contributed by atoms with Gasteiger partial charge >= 0.3 is 6.18 Å². The number of hydrazine groups is 1. The van der Waals surface area contributed by atoms with Crippen molar-refractivity contribution in [3.8, 4) is 0 Å². The van der Waals surface area contributed by atoms with Gasteiger partial charge in [0.25, 0.3) is 0 Å². The van der Waals surface area contributed by atoms with Crippen molar-refractivity contribution in [3.05, 3.63) is 22.8 Å². The third-order valence-corrected chi connectivity index (χ3v) is 3.98. The van der Waals surface area contributed by atoms with Gasteiger partial charge in [-0.3, -0.25) is 10.2 Å². The molecule has 0 spiro atoms. The van der Waals surface area contributed by atoms with Crippen molar-refractivity contribution in [1.29, 1.82) is 0 Å². The van der Waals surface area contributed by atoms with Crippen molar-refractivity contribution < 1.29 is 18.0 Å². The average molecular weight is 337 g/mol. The maximum Gasteiger partial charge on any atom is 0.417 e. The number of carbonyl (C=O) groups excluding carboxylic acids is 1. The Kier molecular flexibility index (Phi) is 5.12. The maximum atomic E-state index is 12.6. The molecule has 0 bridgehead atoms. The van der Waals surface area contributed by atoms with Gasteiger partial charge in [0.05, 0.1) is 10.6 Å². The summed E-state index contributed by atoms with van der Waals surface area (Å²) in [6.07, 6.45) is -1.87. The second-order valence-corrected chi connectivity index (χ2v) is 5.64. The Bertz CT molecular complexity index is 545. The first-order valence-corrected chi connectivity index (χ1v) is 7.16. The van der Waals surface area contributed by atoms with Crippen molar-refractivity contribution in [3.63, 3.8) is 0 Å². The molecule has 1 amide bonds. The number of amides is 1. The van der Waals surface area contributed by atoms with Crippen LogP contribution in [-0.4, -0.2) is 24.0 Å². The summed E-state index contributed by atoms with van der Waals surface area (Å²) < 4.78 is 37.8. The molecule has 9 heteroatoms. The first-order valence-electron chi connectivity index (χ1n) is 6.78. The lowest BCUT2D eigenvalue weighted by Crippen LogP contribution is -2.37. The van der Waals surface area contributed by atoms with Gasteiger partial charge in [-0.15, -0.1) is 0 Å². The van der Waals surface area contributed by atoms with Crippen LogP contribution >= 0.6 is 11.6 Å². The number of nitrogens with one attached hydrogen (secondary N) is 1. The third kappa shape index (κ3) is 4.01. The zero-order valence-electron chi connectivity index (χ0n) is 11.7. The van der Waals surface area contributed by atoms with Crippen molar-refractivity contribution in [2.45, 2.75) is 25.4 Å². The molecule has 1 saturated heterocycles. The third-order valence-electron chi connectivity index (χ3n) is 3.70. The zero-order chi connectivity index (χ0) is 16.3. The number of halogens is 4. The summed E-state index contributed by atoms with van der Waals surface area (Å²) >= 11 is 5.93. The molecule has 0 aliphatic carbocycles. The number of piperidine rings is 1. The van der Waals surface area contributed by atoms with Gasteiger partial charge in [0.2, 0.25) is 5.91 Å². The Morgan fingerprint density at radius 2 is 2.09 bits per heavy atom. The highest BCUT2D eigenvalue weighted by Gasteiger charge is 2.32. The molecule has 22 heavy (non-hydrogen) atoms. The minimum Gasteiger partial charge on any atom is -0.355 e. The Labute approximate surface area is 130 Å². The van der Waals surface area contributed by atoms with Crippen molar-refractivity contribution in [2.75, 3.05) is 18.0 Å². The van der Waals surface area contributed by atoms with Crippen LogP contribution in [0.3, 0.4) is 0 Å². The number of nitrogens with zero attached hydrogens (tertiary/aromatic N) is 2. The number of aromatic nitrogens is 1. The van der Waals surface area contributed by atoms with Gasteiger partial charge in [-0.25, -0.2) is 10.8 Å². The average Bonchev–Trinajstić information content (AvgIpc) is 2.47. The number of anilines is 1. The molecule has 1 fully saturated rings. The number of alkyl halides is 3. The van der Waals surface area contributed by atoms with Crippen LogP contribution < -0.4 is 16.2 Å². The van der Waals surface area contributed by atoms with Crippen LogP contribution in [0.15, 0.2) is 12.3 Å². The number of nitrogens with two attached hydrogens (primary N) is 1. The number of rotatable bonds is 3. The summed E-state index contributed by atoms with van der Waals surface area (Å²) in [6.45, 7) is 1.17. The van der Waals surface area contributed by atoms with E-state index in [0.29, 0.717) is 25.3 Å². The molecule has 0 radical (unpaired) electrons. The van der Waals surface area contributed by atoms with E-state index in [4.69, 9.17) is 17.4 Å². The first-order chi connectivity index (χ1) is 10.3. The Morgan fingerprint density at radius 1 is 1.45 bits per heavy atom. The van der Waals surface area contributed by atoms with Gasteiger partial charge in [-0.1, -0.05) is 11.6 Å². The van der Waals surface area contributed by atoms with Gasteiger partial charge in [0, 0.05) is 25.7 Å². The van der Waals surface area contributed by atoms with Crippen molar-refractivity contribution in [1.82, 2.24) is 10.4 Å². The molecule has 1 aliphatic heterocycles. The summed E-state index contributed by atoms with van der Waals surface area (Å²) in [7, 11) is 0. The second-order valence-electron chi connectivity index (χ2n) is 5.23. The number of hydrogen-bond acceptors (Lipinski definition) is 4. The SMILES string of the molecule is NNC(=O)CC1CCN(c2ncc(C(F)(F)F)cc2Cl)CC1. The first kappa shape index (κ1) is 16.8. The Hall–Kier alpha value is -1.54. The normalized spacial score (nSPS) is 16.7. The summed E-state index contributed by atoms with van der Waals surface area (Å²) in [4.78, 5) is 16.9. The lowest BCUT2D eigenvalue weighted by molar-refractivity contribution is -0.137. The molecule has 5 nitrogen and oxygen atoms in total. The smallest absolute Gasteiger partial charge is 0.355 e. The van der Waals surface area contributed by atoms with Gasteiger partial charge < -0.3 is 4.90 Å². The molecule has 2 rings (SSSR count). The van der Waals surface area contributed by atoms with Crippen LogP contribution in [-0.2, 0) is 11.0 Å². The summed E-state index contributed by atoms with van der Waals surface area (Å²) in [5.41, 5.74) is 1.23. The highest BCUT2D eigenvalue weighted by atomic mass is 35.5. The molecule has 2 heterocycles. The summed E-state index contributed by atoms with van der Waals surface area (Å²) in [5.74, 6) is 5.37. The van der Waals surface area contributed by atoms with Crippen LogP contribution in [0.1, 0.15) is 24.8 Å². The predicted octanol–water partition coefficient (Wildman–Crippen LogP) is 2.35. The minimum atomic E-state index is -4.46. The summed E-state index contributed by atoms with van der Waals surface area (Å²) in [5, 5.41) is -0.0204. The molecule has 0 unspecified atom stereocenters. The van der Waals surface area contributed by atoms with E-state index in [0.717, 1.165) is 25.1 Å². The molecule has 0 saturated carbocycles. The van der Waals surface area contributed by atoms with Crippen LogP contribution in [0.4, 0.5) is 19.0 Å². The van der Waals surface area contributed by atoms with E-state index in [1.807, 2.05) is 4.90 Å². The minimum absolute atomic E-state index is 0.0204. The number of pyridine rings is 1. The van der Waals surface area contributed by atoms with Gasteiger partial charge in [0.1, 0.15) is 5.82 Å². The van der Waals surface area contributed by atoms with E-state index in [9.17, 15) is 18.0 Å².